The number of hydrogen-bond acceptors (Lipinski definition) is 7. The zero-order valence-corrected chi connectivity index (χ0v) is 22.9. The third-order valence-electron chi connectivity index (χ3n) is 6.49. The van der Waals surface area contributed by atoms with Gasteiger partial charge in [0.05, 0.1) is 31.0 Å². The Bertz CT molecular complexity index is 1280. The summed E-state index contributed by atoms with van der Waals surface area (Å²) in [7, 11) is 0. The van der Waals surface area contributed by atoms with Crippen molar-refractivity contribution in [3.8, 4) is 16.9 Å². The van der Waals surface area contributed by atoms with E-state index in [0.717, 1.165) is 38.4 Å². The number of nitrogens with zero attached hydrogens (tertiary/aromatic N) is 4. The van der Waals surface area contributed by atoms with Crippen LogP contribution in [0.15, 0.2) is 36.8 Å². The van der Waals surface area contributed by atoms with Crippen LogP contribution < -0.4 is 15.8 Å². The van der Waals surface area contributed by atoms with E-state index in [2.05, 4.69) is 20.3 Å². The third-order valence-corrected chi connectivity index (χ3v) is 7.25. The van der Waals surface area contributed by atoms with Crippen LogP contribution in [0.2, 0.25) is 10.0 Å². The Morgan fingerprint density at radius 1 is 1.24 bits per heavy atom. The van der Waals surface area contributed by atoms with Crippen molar-refractivity contribution in [2.75, 3.05) is 51.7 Å². The number of nitrogens with two attached hydrogens (primary N) is 1. The van der Waals surface area contributed by atoms with Crippen LogP contribution in [0.1, 0.15) is 19.4 Å². The SMILES string of the molecule is CC(C)(C(=O)NCCN1CCOCC1)n1cc(-c2cnc(N)c(OCCc3c(Cl)ccc(F)c3Cl)c2)cn1. The second kappa shape index (κ2) is 12.3. The molecule has 9 nitrogen and oxygen atoms in total. The summed E-state index contributed by atoms with van der Waals surface area (Å²) in [6.45, 7) is 8.28. The summed E-state index contributed by atoms with van der Waals surface area (Å²) in [5.41, 5.74) is 7.02. The molecule has 3 aromatic rings. The predicted molar refractivity (Wildman–Crippen MR) is 145 cm³/mol. The summed E-state index contributed by atoms with van der Waals surface area (Å²) < 4.78 is 26.6. The summed E-state index contributed by atoms with van der Waals surface area (Å²) in [6.07, 6.45) is 5.34. The molecule has 1 amide bonds. The number of rotatable bonds is 10. The first-order chi connectivity index (χ1) is 18.2. The number of morpholine rings is 1. The standard InChI is InChI=1S/C26H31Cl2FN6O3/c1-26(2,25(36)31-6-7-34-8-11-37-12-9-34)35-16-18(15-33-35)17-13-22(24(30)32-14-17)38-10-5-19-20(27)3-4-21(29)23(19)28/h3-4,13-16H,5-12H2,1-2H3,(H2,30,32)(H,31,36). The Balaban J connectivity index is 1.39. The first-order valence-electron chi connectivity index (χ1n) is 12.3. The Kier molecular flexibility index (Phi) is 9.09. The first kappa shape index (κ1) is 28.1. The molecule has 12 heteroatoms. The Hall–Kier alpha value is -2.92. The number of ether oxygens (including phenoxy) is 2. The van der Waals surface area contributed by atoms with Gasteiger partial charge < -0.3 is 20.5 Å². The Morgan fingerprint density at radius 2 is 2.00 bits per heavy atom. The topological polar surface area (TPSA) is 108 Å². The molecule has 0 atom stereocenters. The molecule has 3 N–H and O–H groups in total. The van der Waals surface area contributed by atoms with Crippen LogP contribution in [0.25, 0.3) is 11.1 Å². The molecule has 0 unspecified atom stereocenters. The van der Waals surface area contributed by atoms with Crippen molar-refractivity contribution in [2.45, 2.75) is 25.8 Å². The van der Waals surface area contributed by atoms with Crippen LogP contribution >= 0.6 is 23.2 Å². The van der Waals surface area contributed by atoms with Gasteiger partial charge in [-0.25, -0.2) is 9.37 Å². The summed E-state index contributed by atoms with van der Waals surface area (Å²) in [6, 6.07) is 4.42. The summed E-state index contributed by atoms with van der Waals surface area (Å²) in [5.74, 6) is -0.105. The van der Waals surface area contributed by atoms with Gasteiger partial charge in [-0.05, 0) is 37.6 Å². The molecule has 0 bridgehead atoms. The van der Waals surface area contributed by atoms with Crippen LogP contribution in [0.3, 0.4) is 0 Å². The largest absolute Gasteiger partial charge is 0.489 e. The predicted octanol–water partition coefficient (Wildman–Crippen LogP) is 3.78. The van der Waals surface area contributed by atoms with Crippen LogP contribution in [0.4, 0.5) is 10.2 Å². The molecule has 204 valence electrons. The molecular weight excluding hydrogens is 534 g/mol. The number of benzene rings is 1. The van der Waals surface area contributed by atoms with Crippen LogP contribution in [0.5, 0.6) is 5.75 Å². The van der Waals surface area contributed by atoms with Gasteiger partial charge in [0.1, 0.15) is 11.4 Å². The van der Waals surface area contributed by atoms with Gasteiger partial charge in [0.2, 0.25) is 5.91 Å². The second-order valence-electron chi connectivity index (χ2n) is 9.47. The van der Waals surface area contributed by atoms with Crippen LogP contribution in [-0.4, -0.2) is 71.6 Å². The van der Waals surface area contributed by atoms with Crippen molar-refractivity contribution in [3.05, 3.63) is 58.2 Å². The van der Waals surface area contributed by atoms with E-state index in [0.29, 0.717) is 28.4 Å². The Morgan fingerprint density at radius 3 is 2.76 bits per heavy atom. The number of amides is 1. The third kappa shape index (κ3) is 6.55. The monoisotopic (exact) mass is 564 g/mol. The van der Waals surface area contributed by atoms with E-state index in [1.807, 2.05) is 13.8 Å². The lowest BCUT2D eigenvalue weighted by Gasteiger charge is -2.28. The number of carbonyl (C=O) groups is 1. The molecule has 1 aliphatic heterocycles. The fourth-order valence-corrected chi connectivity index (χ4v) is 4.60. The highest BCUT2D eigenvalue weighted by Gasteiger charge is 2.30. The summed E-state index contributed by atoms with van der Waals surface area (Å²) in [4.78, 5) is 19.4. The first-order valence-corrected chi connectivity index (χ1v) is 13.1. The van der Waals surface area contributed by atoms with E-state index in [-0.39, 0.29) is 29.8 Å². The average molecular weight is 565 g/mol. The molecule has 2 aromatic heterocycles. The number of halogens is 3. The van der Waals surface area contributed by atoms with Gasteiger partial charge in [-0.15, -0.1) is 0 Å². The lowest BCUT2D eigenvalue weighted by Crippen LogP contribution is -2.48. The van der Waals surface area contributed by atoms with Crippen molar-refractivity contribution in [1.82, 2.24) is 25.0 Å². The maximum absolute atomic E-state index is 13.8. The molecule has 3 heterocycles. The van der Waals surface area contributed by atoms with E-state index in [9.17, 15) is 9.18 Å². The van der Waals surface area contributed by atoms with Crippen molar-refractivity contribution < 1.29 is 18.7 Å². The van der Waals surface area contributed by atoms with Crippen molar-refractivity contribution in [3.63, 3.8) is 0 Å². The van der Waals surface area contributed by atoms with E-state index < -0.39 is 11.4 Å². The van der Waals surface area contributed by atoms with E-state index in [1.165, 1.54) is 12.1 Å². The minimum Gasteiger partial charge on any atom is -0.489 e. The van der Waals surface area contributed by atoms with Gasteiger partial charge in [0.25, 0.3) is 0 Å². The van der Waals surface area contributed by atoms with Gasteiger partial charge in [0, 0.05) is 61.1 Å². The fourth-order valence-electron chi connectivity index (χ4n) is 4.04. The highest BCUT2D eigenvalue weighted by Crippen LogP contribution is 2.30. The van der Waals surface area contributed by atoms with Crippen LogP contribution in [0, 0.1) is 5.82 Å². The van der Waals surface area contributed by atoms with E-state index >= 15 is 0 Å². The van der Waals surface area contributed by atoms with Gasteiger partial charge in [0.15, 0.2) is 11.6 Å². The maximum atomic E-state index is 13.8. The molecule has 1 aromatic carbocycles. The number of pyridine rings is 1. The second-order valence-corrected chi connectivity index (χ2v) is 10.3. The lowest BCUT2D eigenvalue weighted by atomic mass is 10.0. The number of nitrogens with one attached hydrogen (secondary N) is 1. The van der Waals surface area contributed by atoms with Crippen molar-refractivity contribution >= 4 is 34.9 Å². The van der Waals surface area contributed by atoms with Gasteiger partial charge in [-0.1, -0.05) is 23.2 Å². The number of carbonyl (C=O) groups excluding carboxylic acids is 1. The number of nitrogen functional groups attached to an aromatic ring is 1. The molecule has 0 spiro atoms. The molecule has 0 radical (unpaired) electrons. The molecule has 0 saturated carbocycles. The van der Waals surface area contributed by atoms with Gasteiger partial charge >= 0.3 is 0 Å². The van der Waals surface area contributed by atoms with Gasteiger partial charge in [-0.2, -0.15) is 5.10 Å². The molecule has 38 heavy (non-hydrogen) atoms. The smallest absolute Gasteiger partial charge is 0.247 e. The van der Waals surface area contributed by atoms with E-state index in [1.54, 1.807) is 29.3 Å². The van der Waals surface area contributed by atoms with E-state index in [4.69, 9.17) is 38.4 Å². The highest BCUT2D eigenvalue weighted by molar-refractivity contribution is 6.36. The zero-order valence-electron chi connectivity index (χ0n) is 21.3. The normalized spacial score (nSPS) is 14.4. The minimum absolute atomic E-state index is 0.0268. The number of aromatic nitrogens is 3. The molecular formula is C26H31Cl2FN6O3. The highest BCUT2D eigenvalue weighted by atomic mass is 35.5. The number of hydrogen-bond donors (Lipinski definition) is 2. The average Bonchev–Trinajstić information content (AvgIpc) is 3.41. The van der Waals surface area contributed by atoms with Crippen molar-refractivity contribution in [2.24, 2.45) is 0 Å². The maximum Gasteiger partial charge on any atom is 0.247 e. The number of anilines is 1. The fraction of sp³-hybridized carbons (Fsp3) is 0.423. The molecule has 1 saturated heterocycles. The Labute approximate surface area is 231 Å². The van der Waals surface area contributed by atoms with Crippen molar-refractivity contribution in [1.29, 1.82) is 0 Å². The summed E-state index contributed by atoms with van der Waals surface area (Å²) in [5, 5.41) is 7.77. The quantitative estimate of drug-likeness (QED) is 0.361. The summed E-state index contributed by atoms with van der Waals surface area (Å²) >= 11 is 12.2. The molecule has 1 aliphatic rings. The zero-order chi connectivity index (χ0) is 27.3. The van der Waals surface area contributed by atoms with Gasteiger partial charge in [-0.3, -0.25) is 14.4 Å². The molecule has 1 fully saturated rings. The minimum atomic E-state index is -0.909. The van der Waals surface area contributed by atoms with Crippen LogP contribution in [-0.2, 0) is 21.5 Å². The lowest BCUT2D eigenvalue weighted by molar-refractivity contribution is -0.128. The molecule has 4 rings (SSSR count). The molecule has 0 aliphatic carbocycles.